The van der Waals surface area contributed by atoms with Crippen LogP contribution in [0.4, 0.5) is 0 Å². The third kappa shape index (κ3) is 7.21. The molecule has 2 aromatic rings. The molecule has 1 saturated heterocycles. The Kier molecular flexibility index (Phi) is 11.0. The number of ether oxygens (including phenoxy) is 2. The molecule has 7 nitrogen and oxygen atoms in total. The van der Waals surface area contributed by atoms with E-state index < -0.39 is 0 Å². The second-order valence-corrected chi connectivity index (χ2v) is 8.89. The van der Waals surface area contributed by atoms with Gasteiger partial charge in [0, 0.05) is 69.6 Å². The summed E-state index contributed by atoms with van der Waals surface area (Å²) in [6.07, 6.45) is 0.915. The summed E-state index contributed by atoms with van der Waals surface area (Å²) >= 11 is 1.75. The van der Waals surface area contributed by atoms with Gasteiger partial charge in [0.1, 0.15) is 11.5 Å². The second kappa shape index (κ2) is 13.2. The minimum atomic E-state index is 0. The van der Waals surface area contributed by atoms with Crippen LogP contribution in [0, 0.1) is 0 Å². The highest BCUT2D eigenvalue weighted by atomic mass is 127. The molecule has 3 rings (SSSR count). The minimum absolute atomic E-state index is 0. The predicted octanol–water partition coefficient (Wildman–Crippen LogP) is 3.84. The molecule has 1 aliphatic heterocycles. The van der Waals surface area contributed by atoms with Crippen molar-refractivity contribution in [3.63, 3.8) is 0 Å². The largest absolute Gasteiger partial charge is 0.497 e. The van der Waals surface area contributed by atoms with E-state index >= 15 is 0 Å². The molecule has 1 fully saturated rings. The van der Waals surface area contributed by atoms with E-state index in [0.29, 0.717) is 5.92 Å². The fourth-order valence-electron chi connectivity index (χ4n) is 3.70. The molecule has 0 unspecified atom stereocenters. The molecule has 2 heterocycles. The number of piperazine rings is 1. The normalized spacial score (nSPS) is 14.9. The Labute approximate surface area is 213 Å². The molecule has 0 radical (unpaired) electrons. The van der Waals surface area contributed by atoms with Gasteiger partial charge in [0.25, 0.3) is 0 Å². The van der Waals surface area contributed by atoms with Crippen molar-refractivity contribution in [3.8, 4) is 11.5 Å². The highest BCUT2D eigenvalue weighted by Gasteiger charge is 2.21. The van der Waals surface area contributed by atoms with Gasteiger partial charge in [-0.3, -0.25) is 9.89 Å². The van der Waals surface area contributed by atoms with E-state index in [1.165, 1.54) is 5.01 Å². The Morgan fingerprint density at radius 2 is 1.94 bits per heavy atom. The monoisotopic (exact) mass is 573 g/mol. The van der Waals surface area contributed by atoms with E-state index in [9.17, 15) is 0 Å². The van der Waals surface area contributed by atoms with Crippen molar-refractivity contribution in [3.05, 3.63) is 39.8 Å². The van der Waals surface area contributed by atoms with E-state index in [1.807, 2.05) is 19.2 Å². The van der Waals surface area contributed by atoms with Crippen LogP contribution in [0.15, 0.2) is 28.6 Å². The summed E-state index contributed by atoms with van der Waals surface area (Å²) < 4.78 is 10.9. The van der Waals surface area contributed by atoms with Gasteiger partial charge >= 0.3 is 0 Å². The molecule has 0 amide bonds. The molecule has 0 aliphatic carbocycles. The number of halogens is 1. The number of benzene rings is 1. The number of nitrogens with one attached hydrogen (secondary N) is 1. The fourth-order valence-corrected chi connectivity index (χ4v) is 4.57. The molecule has 0 atom stereocenters. The Bertz CT molecular complexity index is 866. The van der Waals surface area contributed by atoms with Gasteiger partial charge in [-0.25, -0.2) is 4.98 Å². The lowest BCUT2D eigenvalue weighted by Crippen LogP contribution is -2.52. The highest BCUT2D eigenvalue weighted by Crippen LogP contribution is 2.25. The van der Waals surface area contributed by atoms with Gasteiger partial charge in [-0.15, -0.1) is 35.3 Å². The summed E-state index contributed by atoms with van der Waals surface area (Å²) in [5.74, 6) is 3.23. The van der Waals surface area contributed by atoms with Crippen LogP contribution in [0.25, 0.3) is 0 Å². The first kappa shape index (κ1) is 26.7. The minimum Gasteiger partial charge on any atom is -0.497 e. The average Bonchev–Trinajstić information content (AvgIpc) is 3.27. The van der Waals surface area contributed by atoms with E-state index in [1.54, 1.807) is 25.6 Å². The van der Waals surface area contributed by atoms with Crippen LogP contribution in [0.5, 0.6) is 11.5 Å². The molecule has 178 valence electrons. The average molecular weight is 574 g/mol. The van der Waals surface area contributed by atoms with Crippen molar-refractivity contribution in [2.45, 2.75) is 32.7 Å². The Hall–Kier alpha value is -1.59. The van der Waals surface area contributed by atoms with Crippen LogP contribution < -0.4 is 14.8 Å². The predicted molar refractivity (Wildman–Crippen MR) is 143 cm³/mol. The quantitative estimate of drug-likeness (QED) is 0.294. The summed E-state index contributed by atoms with van der Waals surface area (Å²) in [5.41, 5.74) is 2.32. The molecular weight excluding hydrogens is 537 g/mol. The van der Waals surface area contributed by atoms with Crippen LogP contribution in [-0.4, -0.2) is 74.7 Å². The lowest BCUT2D eigenvalue weighted by atomic mass is 10.1. The summed E-state index contributed by atoms with van der Waals surface area (Å²) in [5, 5.41) is 6.89. The fraction of sp³-hybridized carbons (Fsp3) is 0.565. The summed E-state index contributed by atoms with van der Waals surface area (Å²) in [7, 11) is 5.27. The zero-order valence-electron chi connectivity index (χ0n) is 19.8. The molecule has 0 bridgehead atoms. The van der Waals surface area contributed by atoms with Crippen molar-refractivity contribution >= 4 is 41.3 Å². The number of nitrogens with zero attached hydrogens (tertiary/aromatic N) is 4. The van der Waals surface area contributed by atoms with Crippen LogP contribution in [0.1, 0.15) is 36.0 Å². The first-order valence-corrected chi connectivity index (χ1v) is 11.7. The SMILES string of the molecule is CN=C(NCCc1csc(C(C)C)n1)N1CCN(Cc2cc(OC)ccc2OC)CC1.I. The Balaban J connectivity index is 0.00000363. The van der Waals surface area contributed by atoms with E-state index in [2.05, 4.69) is 45.4 Å². The lowest BCUT2D eigenvalue weighted by Gasteiger charge is -2.36. The molecule has 0 saturated carbocycles. The Morgan fingerprint density at radius 3 is 2.53 bits per heavy atom. The second-order valence-electron chi connectivity index (χ2n) is 8.00. The highest BCUT2D eigenvalue weighted by molar-refractivity contribution is 14.0. The lowest BCUT2D eigenvalue weighted by molar-refractivity contribution is 0.171. The molecule has 1 aliphatic rings. The molecule has 1 N–H and O–H groups in total. The van der Waals surface area contributed by atoms with Gasteiger partial charge in [0.2, 0.25) is 0 Å². The van der Waals surface area contributed by atoms with Gasteiger partial charge in [-0.05, 0) is 18.2 Å². The van der Waals surface area contributed by atoms with Crippen molar-refractivity contribution in [2.24, 2.45) is 4.99 Å². The van der Waals surface area contributed by atoms with Crippen LogP contribution in [-0.2, 0) is 13.0 Å². The summed E-state index contributed by atoms with van der Waals surface area (Å²) in [6.45, 7) is 9.91. The van der Waals surface area contributed by atoms with Crippen molar-refractivity contribution in [2.75, 3.05) is 54.0 Å². The number of aliphatic imine (C=N–C) groups is 1. The standard InChI is InChI=1S/C23H35N5O2S.HI/c1-17(2)22-26-19(16-31-22)8-9-25-23(24-3)28-12-10-27(11-13-28)15-18-14-20(29-4)6-7-21(18)30-5;/h6-7,14,16-17H,8-13,15H2,1-5H3,(H,24,25);1H. The number of hydrogen-bond acceptors (Lipinski definition) is 6. The molecular formula is C23H36IN5O2S. The number of aromatic nitrogens is 1. The number of rotatable bonds is 8. The van der Waals surface area contributed by atoms with Crippen molar-refractivity contribution in [1.82, 2.24) is 20.1 Å². The zero-order chi connectivity index (χ0) is 22.2. The van der Waals surface area contributed by atoms with Gasteiger partial charge in [0.15, 0.2) is 5.96 Å². The van der Waals surface area contributed by atoms with Crippen LogP contribution in [0.2, 0.25) is 0 Å². The first-order valence-electron chi connectivity index (χ1n) is 10.9. The van der Waals surface area contributed by atoms with E-state index in [-0.39, 0.29) is 24.0 Å². The maximum Gasteiger partial charge on any atom is 0.193 e. The van der Waals surface area contributed by atoms with Gasteiger partial charge in [-0.1, -0.05) is 13.8 Å². The van der Waals surface area contributed by atoms with Gasteiger partial charge in [-0.2, -0.15) is 0 Å². The van der Waals surface area contributed by atoms with Crippen LogP contribution >= 0.6 is 35.3 Å². The zero-order valence-corrected chi connectivity index (χ0v) is 22.9. The third-order valence-corrected chi connectivity index (χ3v) is 6.69. The molecule has 9 heteroatoms. The molecule has 1 aromatic carbocycles. The number of guanidine groups is 1. The molecule has 1 aromatic heterocycles. The smallest absolute Gasteiger partial charge is 0.193 e. The molecule has 32 heavy (non-hydrogen) atoms. The van der Waals surface area contributed by atoms with E-state index in [4.69, 9.17) is 14.5 Å². The Morgan fingerprint density at radius 1 is 1.19 bits per heavy atom. The topological polar surface area (TPSA) is 62.2 Å². The first-order chi connectivity index (χ1) is 15.0. The van der Waals surface area contributed by atoms with E-state index in [0.717, 1.165) is 74.4 Å². The maximum atomic E-state index is 5.53. The molecule has 0 spiro atoms. The summed E-state index contributed by atoms with van der Waals surface area (Å²) in [6, 6.07) is 5.97. The van der Waals surface area contributed by atoms with Crippen LogP contribution in [0.3, 0.4) is 0 Å². The number of thiazole rings is 1. The van der Waals surface area contributed by atoms with Gasteiger partial charge < -0.3 is 19.7 Å². The summed E-state index contributed by atoms with van der Waals surface area (Å²) in [4.78, 5) is 14.0. The maximum absolute atomic E-state index is 5.53. The third-order valence-electron chi connectivity index (χ3n) is 5.49. The number of methoxy groups -OCH3 is 2. The van der Waals surface area contributed by atoms with Crippen molar-refractivity contribution in [1.29, 1.82) is 0 Å². The number of hydrogen-bond donors (Lipinski definition) is 1. The van der Waals surface area contributed by atoms with Crippen molar-refractivity contribution < 1.29 is 9.47 Å². The van der Waals surface area contributed by atoms with Gasteiger partial charge in [0.05, 0.1) is 24.9 Å².